The molecule has 0 aliphatic carbocycles. The Labute approximate surface area is 152 Å². The molecule has 1 aliphatic rings. The molecule has 142 valence electrons. The summed E-state index contributed by atoms with van der Waals surface area (Å²) in [5.41, 5.74) is 0.728. The number of alkyl halides is 3. The zero-order chi connectivity index (χ0) is 19.1. The highest BCUT2D eigenvalue weighted by Crippen LogP contribution is 2.33. The molecular formula is C17H21F3N4OS. The summed E-state index contributed by atoms with van der Waals surface area (Å²) in [5.74, 6) is 0. The van der Waals surface area contributed by atoms with Gasteiger partial charge in [-0.3, -0.25) is 9.67 Å². The van der Waals surface area contributed by atoms with Gasteiger partial charge in [0.15, 0.2) is 0 Å². The van der Waals surface area contributed by atoms with E-state index in [1.165, 1.54) is 6.07 Å². The van der Waals surface area contributed by atoms with Crippen molar-refractivity contribution in [1.29, 1.82) is 0 Å². The lowest BCUT2D eigenvalue weighted by atomic mass is 10.0. The molecule has 0 saturated heterocycles. The molecule has 0 fully saturated rings. The van der Waals surface area contributed by atoms with Gasteiger partial charge in [0.1, 0.15) is 5.69 Å². The van der Waals surface area contributed by atoms with E-state index in [2.05, 4.69) is 14.8 Å². The number of fused-ring (bicyclic) bond motifs is 1. The standard InChI is InChI=1S/C17H21F3N4OS/c1-16(2,3)26(25)23-12-5-4-8-24-14(12)10-13(22-24)11-6-7-21-15(9-11)17(18,19)20/h6-7,9-10,12,23H,4-5,8H2,1-3H3/t12-,26-/m0/s1. The molecule has 3 heterocycles. The molecule has 0 aromatic carbocycles. The van der Waals surface area contributed by atoms with E-state index < -0.39 is 27.6 Å². The average molecular weight is 386 g/mol. The average Bonchev–Trinajstić information content (AvgIpc) is 2.98. The van der Waals surface area contributed by atoms with Crippen LogP contribution in [0, 0.1) is 0 Å². The molecule has 1 aliphatic heterocycles. The van der Waals surface area contributed by atoms with Crippen molar-refractivity contribution in [3.8, 4) is 11.3 Å². The monoisotopic (exact) mass is 386 g/mol. The molecule has 0 amide bonds. The van der Waals surface area contributed by atoms with Crippen molar-refractivity contribution in [3.05, 3.63) is 35.8 Å². The largest absolute Gasteiger partial charge is 0.433 e. The van der Waals surface area contributed by atoms with Gasteiger partial charge < -0.3 is 0 Å². The third kappa shape index (κ3) is 3.98. The number of nitrogens with one attached hydrogen (secondary N) is 1. The fourth-order valence-corrected chi connectivity index (χ4v) is 3.65. The van der Waals surface area contributed by atoms with Gasteiger partial charge in [0.25, 0.3) is 0 Å². The molecule has 2 atom stereocenters. The molecule has 0 radical (unpaired) electrons. The predicted molar refractivity (Wildman–Crippen MR) is 93.5 cm³/mol. The Kier molecular flexibility index (Phi) is 4.96. The van der Waals surface area contributed by atoms with Crippen molar-refractivity contribution in [2.24, 2.45) is 0 Å². The maximum absolute atomic E-state index is 12.9. The zero-order valence-electron chi connectivity index (χ0n) is 14.8. The second-order valence-electron chi connectivity index (χ2n) is 7.30. The van der Waals surface area contributed by atoms with Crippen LogP contribution in [0.4, 0.5) is 13.2 Å². The van der Waals surface area contributed by atoms with E-state index >= 15 is 0 Å². The molecule has 1 N–H and O–H groups in total. The lowest BCUT2D eigenvalue weighted by molar-refractivity contribution is -0.141. The second kappa shape index (κ2) is 6.77. The Morgan fingerprint density at radius 1 is 1.27 bits per heavy atom. The van der Waals surface area contributed by atoms with Crippen molar-refractivity contribution in [3.63, 3.8) is 0 Å². The first-order valence-electron chi connectivity index (χ1n) is 8.35. The number of hydrogen-bond acceptors (Lipinski definition) is 3. The van der Waals surface area contributed by atoms with Gasteiger partial charge in [0.2, 0.25) is 0 Å². The molecule has 0 spiro atoms. The predicted octanol–water partition coefficient (Wildman–Crippen LogP) is 3.85. The SMILES string of the molecule is CC(C)(C)[S@](=O)N[C@H]1CCCn2nc(-c3ccnc(C(F)(F)F)c3)cc21. The van der Waals surface area contributed by atoms with E-state index in [1.54, 1.807) is 10.7 Å². The highest BCUT2D eigenvalue weighted by Gasteiger charge is 2.33. The van der Waals surface area contributed by atoms with Crippen LogP contribution in [0.2, 0.25) is 0 Å². The second-order valence-corrected chi connectivity index (χ2v) is 9.30. The number of halogens is 3. The smallest absolute Gasteiger partial charge is 0.267 e. The molecule has 0 unspecified atom stereocenters. The fourth-order valence-electron chi connectivity index (χ4n) is 2.80. The van der Waals surface area contributed by atoms with Crippen LogP contribution in [0.15, 0.2) is 24.4 Å². The number of hydrogen-bond donors (Lipinski definition) is 1. The highest BCUT2D eigenvalue weighted by molar-refractivity contribution is 7.84. The van der Waals surface area contributed by atoms with Gasteiger partial charge in [-0.1, -0.05) is 0 Å². The summed E-state index contributed by atoms with van der Waals surface area (Å²) in [5, 5.41) is 4.45. The van der Waals surface area contributed by atoms with Crippen molar-refractivity contribution in [2.75, 3.05) is 0 Å². The minimum atomic E-state index is -4.50. The summed E-state index contributed by atoms with van der Waals surface area (Å²) in [7, 11) is -1.24. The number of aryl methyl sites for hydroxylation is 1. The Balaban J connectivity index is 1.91. The normalized spacial score (nSPS) is 19.2. The van der Waals surface area contributed by atoms with Gasteiger partial charge in [0.05, 0.1) is 33.2 Å². The topological polar surface area (TPSA) is 59.8 Å². The maximum Gasteiger partial charge on any atom is 0.433 e. The summed E-state index contributed by atoms with van der Waals surface area (Å²) < 4.78 is 55.6. The molecule has 0 saturated carbocycles. The number of aromatic nitrogens is 3. The molecule has 3 rings (SSSR count). The first-order valence-corrected chi connectivity index (χ1v) is 9.50. The summed E-state index contributed by atoms with van der Waals surface area (Å²) >= 11 is 0. The van der Waals surface area contributed by atoms with Gasteiger partial charge in [0, 0.05) is 18.3 Å². The van der Waals surface area contributed by atoms with Gasteiger partial charge in [-0.05, 0) is 51.8 Å². The van der Waals surface area contributed by atoms with Gasteiger partial charge >= 0.3 is 6.18 Å². The van der Waals surface area contributed by atoms with Gasteiger partial charge in [-0.25, -0.2) is 8.93 Å². The third-order valence-corrected chi connectivity index (χ3v) is 5.79. The minimum absolute atomic E-state index is 0.144. The summed E-state index contributed by atoms with van der Waals surface area (Å²) in [4.78, 5) is 3.39. The van der Waals surface area contributed by atoms with Crippen LogP contribution in [0.25, 0.3) is 11.3 Å². The van der Waals surface area contributed by atoms with E-state index in [-0.39, 0.29) is 6.04 Å². The van der Waals surface area contributed by atoms with Crippen LogP contribution < -0.4 is 4.72 Å². The Morgan fingerprint density at radius 2 is 2.00 bits per heavy atom. The molecule has 26 heavy (non-hydrogen) atoms. The van der Waals surface area contributed by atoms with Crippen molar-refractivity contribution in [2.45, 2.75) is 57.1 Å². The number of nitrogens with zero attached hydrogens (tertiary/aromatic N) is 3. The van der Waals surface area contributed by atoms with E-state index in [1.807, 2.05) is 20.8 Å². The van der Waals surface area contributed by atoms with Gasteiger partial charge in [-0.15, -0.1) is 0 Å². The fraction of sp³-hybridized carbons (Fsp3) is 0.529. The quantitative estimate of drug-likeness (QED) is 0.872. The number of pyridine rings is 1. The lowest BCUT2D eigenvalue weighted by Gasteiger charge is -2.27. The van der Waals surface area contributed by atoms with Crippen LogP contribution in [0.5, 0.6) is 0 Å². The number of rotatable bonds is 3. The van der Waals surface area contributed by atoms with Crippen molar-refractivity contribution >= 4 is 11.0 Å². The van der Waals surface area contributed by atoms with Crippen LogP contribution in [-0.2, 0) is 23.7 Å². The van der Waals surface area contributed by atoms with E-state index in [0.717, 1.165) is 30.8 Å². The lowest BCUT2D eigenvalue weighted by Crippen LogP contribution is -2.37. The molecule has 2 aromatic rings. The Morgan fingerprint density at radius 3 is 2.65 bits per heavy atom. The molecule has 5 nitrogen and oxygen atoms in total. The first kappa shape index (κ1) is 19.0. The Hall–Kier alpha value is -1.74. The van der Waals surface area contributed by atoms with Crippen molar-refractivity contribution in [1.82, 2.24) is 19.5 Å². The highest BCUT2D eigenvalue weighted by atomic mass is 32.2. The Bertz CT molecular complexity index is 826. The minimum Gasteiger partial charge on any atom is -0.267 e. The van der Waals surface area contributed by atoms with Crippen LogP contribution >= 0.6 is 0 Å². The van der Waals surface area contributed by atoms with Crippen LogP contribution in [-0.4, -0.2) is 23.7 Å². The first-order chi connectivity index (χ1) is 12.1. The molecule has 0 bridgehead atoms. The van der Waals surface area contributed by atoms with Crippen LogP contribution in [0.3, 0.4) is 0 Å². The van der Waals surface area contributed by atoms with E-state index in [4.69, 9.17) is 0 Å². The van der Waals surface area contributed by atoms with E-state index in [0.29, 0.717) is 17.8 Å². The molecule has 9 heteroatoms. The molecular weight excluding hydrogens is 365 g/mol. The summed E-state index contributed by atoms with van der Waals surface area (Å²) in [6, 6.07) is 4.14. The zero-order valence-corrected chi connectivity index (χ0v) is 15.6. The third-order valence-electron chi connectivity index (χ3n) is 4.18. The van der Waals surface area contributed by atoms with E-state index in [9.17, 15) is 17.4 Å². The molecule has 2 aromatic heterocycles. The maximum atomic E-state index is 12.9. The van der Waals surface area contributed by atoms with Crippen molar-refractivity contribution < 1.29 is 17.4 Å². The van der Waals surface area contributed by atoms with Gasteiger partial charge in [-0.2, -0.15) is 18.3 Å². The summed E-state index contributed by atoms with van der Waals surface area (Å²) in [6.07, 6.45) is -1.70. The summed E-state index contributed by atoms with van der Waals surface area (Å²) in [6.45, 7) is 6.35. The van der Waals surface area contributed by atoms with Crippen LogP contribution in [0.1, 0.15) is 51.0 Å².